The van der Waals surface area contributed by atoms with Crippen molar-refractivity contribution in [1.29, 1.82) is 0 Å². The molecular formula is C26H23F5O. The van der Waals surface area contributed by atoms with Gasteiger partial charge in [-0.3, -0.25) is 0 Å². The van der Waals surface area contributed by atoms with Gasteiger partial charge in [0.05, 0.1) is 12.2 Å². The second-order valence-electron chi connectivity index (χ2n) is 7.22. The molecule has 0 aliphatic heterocycles. The summed E-state index contributed by atoms with van der Waals surface area (Å²) in [6.07, 6.45) is -1.33. The van der Waals surface area contributed by atoms with E-state index in [1.165, 1.54) is 17.7 Å². The van der Waals surface area contributed by atoms with Crippen molar-refractivity contribution < 1.29 is 26.7 Å². The molecule has 3 rings (SSSR count). The van der Waals surface area contributed by atoms with E-state index in [-0.39, 0.29) is 12.2 Å². The van der Waals surface area contributed by atoms with Crippen molar-refractivity contribution in [3.63, 3.8) is 0 Å². The molecule has 0 bridgehead atoms. The van der Waals surface area contributed by atoms with Crippen molar-refractivity contribution in [3.8, 4) is 16.9 Å². The molecule has 1 nitrogen and oxygen atoms in total. The molecule has 3 aromatic rings. The van der Waals surface area contributed by atoms with Crippen LogP contribution in [0.15, 0.2) is 60.7 Å². The Morgan fingerprint density at radius 3 is 1.94 bits per heavy atom. The van der Waals surface area contributed by atoms with Crippen molar-refractivity contribution in [2.24, 2.45) is 0 Å². The van der Waals surface area contributed by atoms with Crippen LogP contribution < -0.4 is 4.74 Å². The summed E-state index contributed by atoms with van der Waals surface area (Å²) in [6, 6.07) is 15.8. The molecular weight excluding hydrogens is 423 g/mol. The van der Waals surface area contributed by atoms with Gasteiger partial charge in [0.1, 0.15) is 0 Å². The van der Waals surface area contributed by atoms with Gasteiger partial charge in [-0.2, -0.15) is 0 Å². The Hall–Kier alpha value is -3.15. The minimum absolute atomic E-state index is 0.0410. The fourth-order valence-corrected chi connectivity index (χ4v) is 3.45. The number of hydrogen-bond donors (Lipinski definition) is 0. The van der Waals surface area contributed by atoms with Gasteiger partial charge in [0.15, 0.2) is 23.2 Å². The van der Waals surface area contributed by atoms with E-state index in [0.29, 0.717) is 0 Å². The number of aryl methyl sites for hydroxylation is 1. The second kappa shape index (κ2) is 10.4. The summed E-state index contributed by atoms with van der Waals surface area (Å²) in [5, 5.41) is 0. The van der Waals surface area contributed by atoms with Crippen LogP contribution in [0.3, 0.4) is 0 Å². The van der Waals surface area contributed by atoms with E-state index in [1.807, 2.05) is 24.3 Å². The van der Waals surface area contributed by atoms with Gasteiger partial charge in [-0.05, 0) is 42.2 Å². The van der Waals surface area contributed by atoms with Gasteiger partial charge in [0.25, 0.3) is 6.43 Å². The first-order chi connectivity index (χ1) is 15.4. The molecule has 3 aromatic carbocycles. The van der Waals surface area contributed by atoms with Crippen LogP contribution in [0.4, 0.5) is 22.0 Å². The maximum Gasteiger partial charge on any atom is 0.267 e. The van der Waals surface area contributed by atoms with Crippen molar-refractivity contribution in [2.75, 3.05) is 6.61 Å². The molecule has 0 unspecified atom stereocenters. The van der Waals surface area contributed by atoms with Gasteiger partial charge in [0.2, 0.25) is 0 Å². The molecule has 0 atom stereocenters. The molecule has 0 aliphatic carbocycles. The molecule has 0 spiro atoms. The van der Waals surface area contributed by atoms with E-state index in [4.69, 9.17) is 4.74 Å². The second-order valence-corrected chi connectivity index (χ2v) is 7.22. The Morgan fingerprint density at radius 1 is 0.812 bits per heavy atom. The molecule has 0 radical (unpaired) electrons. The molecule has 0 N–H and O–H groups in total. The Morgan fingerprint density at radius 2 is 1.41 bits per heavy atom. The first-order valence-electron chi connectivity index (χ1n) is 10.4. The predicted molar refractivity (Wildman–Crippen MR) is 117 cm³/mol. The summed E-state index contributed by atoms with van der Waals surface area (Å²) in [7, 11) is 0. The summed E-state index contributed by atoms with van der Waals surface area (Å²) in [5.74, 6) is -4.74. The zero-order chi connectivity index (χ0) is 23.3. The lowest BCUT2D eigenvalue weighted by atomic mass is 9.99. The SMILES string of the molecule is CCCc1ccc(-c2ccc(C(F)=C(F)c3ccc(OCC)c(F)c3C(F)F)cc2)cc1. The standard InChI is InChI=1S/C26H23F5O/c1-3-5-16-6-8-17(9-7-16)18-10-12-19(13-11-18)23(27)24(28)20-14-15-21(32-4-2)25(29)22(20)26(30)31/h6-15,26H,3-5H2,1-2H3. The zero-order valence-electron chi connectivity index (χ0n) is 17.8. The summed E-state index contributed by atoms with van der Waals surface area (Å²) < 4.78 is 75.9. The monoisotopic (exact) mass is 446 g/mol. The third-order valence-corrected chi connectivity index (χ3v) is 5.06. The molecule has 0 aromatic heterocycles. The third kappa shape index (κ3) is 5.01. The summed E-state index contributed by atoms with van der Waals surface area (Å²) in [5.41, 5.74) is 0.714. The average molecular weight is 446 g/mol. The molecule has 32 heavy (non-hydrogen) atoms. The summed E-state index contributed by atoms with van der Waals surface area (Å²) in [6.45, 7) is 3.69. The lowest BCUT2D eigenvalue weighted by Gasteiger charge is -2.13. The highest BCUT2D eigenvalue weighted by atomic mass is 19.3. The first-order valence-corrected chi connectivity index (χ1v) is 10.4. The number of benzene rings is 3. The minimum Gasteiger partial charge on any atom is -0.491 e. The van der Waals surface area contributed by atoms with E-state index in [0.717, 1.165) is 36.1 Å². The quantitative estimate of drug-likeness (QED) is 0.249. The smallest absolute Gasteiger partial charge is 0.267 e. The largest absolute Gasteiger partial charge is 0.491 e. The Bertz CT molecular complexity index is 1090. The van der Waals surface area contributed by atoms with E-state index in [9.17, 15) is 22.0 Å². The maximum absolute atomic E-state index is 14.8. The molecule has 0 saturated heterocycles. The number of rotatable bonds is 8. The van der Waals surface area contributed by atoms with Crippen molar-refractivity contribution in [2.45, 2.75) is 33.1 Å². The van der Waals surface area contributed by atoms with Crippen molar-refractivity contribution in [3.05, 3.63) is 88.7 Å². The molecule has 0 heterocycles. The number of hydrogen-bond acceptors (Lipinski definition) is 1. The summed E-state index contributed by atoms with van der Waals surface area (Å²) >= 11 is 0. The van der Waals surface area contributed by atoms with Crippen LogP contribution in [-0.4, -0.2) is 6.61 Å². The van der Waals surface area contributed by atoms with Crippen LogP contribution in [-0.2, 0) is 6.42 Å². The Labute approximate surface area is 184 Å². The number of ether oxygens (including phenoxy) is 1. The molecule has 0 fully saturated rings. The van der Waals surface area contributed by atoms with Gasteiger partial charge >= 0.3 is 0 Å². The molecule has 0 saturated carbocycles. The summed E-state index contributed by atoms with van der Waals surface area (Å²) in [4.78, 5) is 0. The normalized spacial score (nSPS) is 12.1. The average Bonchev–Trinajstić information content (AvgIpc) is 2.80. The van der Waals surface area contributed by atoms with Gasteiger partial charge in [0, 0.05) is 11.1 Å². The maximum atomic E-state index is 14.8. The lowest BCUT2D eigenvalue weighted by molar-refractivity contribution is 0.144. The van der Waals surface area contributed by atoms with Crippen LogP contribution in [0, 0.1) is 5.82 Å². The van der Waals surface area contributed by atoms with Gasteiger partial charge in [-0.25, -0.2) is 22.0 Å². The van der Waals surface area contributed by atoms with Crippen LogP contribution in [0.2, 0.25) is 0 Å². The van der Waals surface area contributed by atoms with Crippen LogP contribution in [0.5, 0.6) is 5.75 Å². The predicted octanol–water partition coefficient (Wildman–Crippen LogP) is 8.55. The zero-order valence-corrected chi connectivity index (χ0v) is 17.8. The van der Waals surface area contributed by atoms with Gasteiger partial charge < -0.3 is 4.74 Å². The highest BCUT2D eigenvalue weighted by Crippen LogP contribution is 2.39. The number of alkyl halides is 2. The fraction of sp³-hybridized carbons (Fsp3) is 0.231. The van der Waals surface area contributed by atoms with Crippen LogP contribution in [0.1, 0.15) is 48.9 Å². The minimum atomic E-state index is -3.35. The highest BCUT2D eigenvalue weighted by Gasteiger charge is 2.26. The number of halogens is 5. The third-order valence-electron chi connectivity index (χ3n) is 5.06. The van der Waals surface area contributed by atoms with Crippen molar-refractivity contribution in [1.82, 2.24) is 0 Å². The molecule has 6 heteroatoms. The van der Waals surface area contributed by atoms with E-state index in [1.54, 1.807) is 19.1 Å². The topological polar surface area (TPSA) is 9.23 Å². The Balaban J connectivity index is 1.94. The van der Waals surface area contributed by atoms with Gasteiger partial charge in [-0.15, -0.1) is 0 Å². The molecule has 0 amide bonds. The lowest BCUT2D eigenvalue weighted by Crippen LogP contribution is -2.03. The first kappa shape index (κ1) is 23.5. The molecule has 0 aliphatic rings. The molecule has 168 valence electrons. The highest BCUT2D eigenvalue weighted by molar-refractivity contribution is 5.85. The van der Waals surface area contributed by atoms with E-state index in [2.05, 4.69) is 6.92 Å². The van der Waals surface area contributed by atoms with E-state index < -0.39 is 40.8 Å². The van der Waals surface area contributed by atoms with Gasteiger partial charge in [-0.1, -0.05) is 61.9 Å². The van der Waals surface area contributed by atoms with Crippen LogP contribution >= 0.6 is 0 Å². The van der Waals surface area contributed by atoms with Crippen LogP contribution in [0.25, 0.3) is 22.8 Å². The Kier molecular flexibility index (Phi) is 7.67. The van der Waals surface area contributed by atoms with E-state index >= 15 is 0 Å². The van der Waals surface area contributed by atoms with Crippen molar-refractivity contribution >= 4 is 11.7 Å². The fourth-order valence-electron chi connectivity index (χ4n) is 3.45.